The van der Waals surface area contributed by atoms with Gasteiger partial charge in [-0.1, -0.05) is 32.9 Å². The lowest BCUT2D eigenvalue weighted by atomic mass is 9.82. The first-order valence-corrected chi connectivity index (χ1v) is 8.79. The van der Waals surface area contributed by atoms with Crippen LogP contribution in [0.3, 0.4) is 0 Å². The van der Waals surface area contributed by atoms with E-state index in [2.05, 4.69) is 0 Å². The average molecular weight is 321 g/mol. The zero-order valence-corrected chi connectivity index (χ0v) is 13.8. The third-order valence-electron chi connectivity index (χ3n) is 3.13. The van der Waals surface area contributed by atoms with Crippen molar-refractivity contribution < 1.29 is 17.9 Å². The van der Waals surface area contributed by atoms with Gasteiger partial charge in [0.15, 0.2) is 11.5 Å². The van der Waals surface area contributed by atoms with Crippen molar-refractivity contribution in [3.05, 3.63) is 24.3 Å². The maximum absolute atomic E-state index is 11.3. The Morgan fingerprint density at radius 1 is 1.20 bits per heavy atom. The Hall–Kier alpha value is -0.940. The van der Waals surface area contributed by atoms with E-state index >= 15 is 0 Å². The lowest BCUT2D eigenvalue weighted by molar-refractivity contribution is 0.160. The van der Waals surface area contributed by atoms with Crippen molar-refractivity contribution in [2.75, 3.05) is 19.5 Å². The van der Waals surface area contributed by atoms with E-state index < -0.39 is 9.05 Å². The summed E-state index contributed by atoms with van der Waals surface area (Å²) in [5.41, 5.74) is -0.232. The molecule has 0 aromatic heterocycles. The molecule has 20 heavy (non-hydrogen) atoms. The number of para-hydroxylation sites is 2. The van der Waals surface area contributed by atoms with Crippen LogP contribution in [-0.2, 0) is 9.05 Å². The van der Waals surface area contributed by atoms with Crippen molar-refractivity contribution in [1.82, 2.24) is 0 Å². The molecule has 0 heterocycles. The summed E-state index contributed by atoms with van der Waals surface area (Å²) in [6.07, 6.45) is 0. The molecule has 0 aliphatic carbocycles. The molecular weight excluding hydrogens is 300 g/mol. The third-order valence-corrected chi connectivity index (χ3v) is 4.31. The topological polar surface area (TPSA) is 52.6 Å². The maximum atomic E-state index is 11.3. The van der Waals surface area contributed by atoms with Gasteiger partial charge < -0.3 is 9.47 Å². The molecule has 114 valence electrons. The first kappa shape index (κ1) is 17.1. The minimum absolute atomic E-state index is 0.118. The van der Waals surface area contributed by atoms with Crippen LogP contribution in [0.1, 0.15) is 20.8 Å². The second kappa shape index (κ2) is 6.68. The quantitative estimate of drug-likeness (QED) is 0.755. The highest BCUT2D eigenvalue weighted by molar-refractivity contribution is 8.13. The summed E-state index contributed by atoms with van der Waals surface area (Å²) in [5.74, 6) is 0.882. The minimum atomic E-state index is -3.57. The van der Waals surface area contributed by atoms with Crippen molar-refractivity contribution in [2.24, 2.45) is 11.3 Å². The summed E-state index contributed by atoms with van der Waals surface area (Å²) in [7, 11) is 3.36. The summed E-state index contributed by atoms with van der Waals surface area (Å²) < 4.78 is 33.5. The molecule has 0 bridgehead atoms. The summed E-state index contributed by atoms with van der Waals surface area (Å²) >= 11 is 0. The van der Waals surface area contributed by atoms with Gasteiger partial charge >= 0.3 is 0 Å². The zero-order valence-electron chi connectivity index (χ0n) is 12.2. The van der Waals surface area contributed by atoms with Gasteiger partial charge in [0, 0.05) is 16.6 Å². The smallest absolute Gasteiger partial charge is 0.233 e. The fraction of sp³-hybridized carbons (Fsp3) is 0.571. The number of ether oxygens (including phenoxy) is 2. The van der Waals surface area contributed by atoms with Crippen LogP contribution in [0.5, 0.6) is 11.5 Å². The van der Waals surface area contributed by atoms with Gasteiger partial charge in [0.1, 0.15) is 0 Å². The fourth-order valence-electron chi connectivity index (χ4n) is 1.72. The second-order valence-electron chi connectivity index (χ2n) is 5.73. The van der Waals surface area contributed by atoms with Gasteiger partial charge in [0.05, 0.1) is 19.5 Å². The number of rotatable bonds is 6. The standard InChI is InChI=1S/C14H21ClO4S/c1-14(2,3)11(10-20(15,16)17)9-19-13-8-6-5-7-12(13)18-4/h5-8,11H,9-10H2,1-4H3. The third kappa shape index (κ3) is 5.59. The van der Waals surface area contributed by atoms with Crippen molar-refractivity contribution in [1.29, 1.82) is 0 Å². The minimum Gasteiger partial charge on any atom is -0.493 e. The van der Waals surface area contributed by atoms with E-state index in [4.69, 9.17) is 20.2 Å². The van der Waals surface area contributed by atoms with Crippen LogP contribution in [0, 0.1) is 11.3 Å². The first-order valence-electron chi connectivity index (χ1n) is 6.31. The molecule has 0 N–H and O–H groups in total. The molecule has 1 rings (SSSR count). The van der Waals surface area contributed by atoms with Crippen molar-refractivity contribution >= 4 is 19.7 Å². The molecule has 0 amide bonds. The van der Waals surface area contributed by atoms with Gasteiger partial charge in [0.2, 0.25) is 9.05 Å². The van der Waals surface area contributed by atoms with Crippen LogP contribution in [-0.4, -0.2) is 27.9 Å². The van der Waals surface area contributed by atoms with E-state index in [1.54, 1.807) is 19.2 Å². The van der Waals surface area contributed by atoms with Crippen LogP contribution < -0.4 is 9.47 Å². The molecule has 1 aromatic rings. The zero-order chi connectivity index (χ0) is 15.4. The summed E-state index contributed by atoms with van der Waals surface area (Å²) in [6, 6.07) is 7.26. The average Bonchev–Trinajstić information content (AvgIpc) is 2.32. The highest BCUT2D eigenvalue weighted by atomic mass is 35.7. The van der Waals surface area contributed by atoms with E-state index in [1.165, 1.54) is 0 Å². The molecule has 6 heteroatoms. The highest BCUT2D eigenvalue weighted by Crippen LogP contribution is 2.31. The lowest BCUT2D eigenvalue weighted by Crippen LogP contribution is -2.31. The monoisotopic (exact) mass is 320 g/mol. The Labute approximate surface area is 125 Å². The fourth-order valence-corrected chi connectivity index (χ4v) is 3.25. The predicted molar refractivity (Wildman–Crippen MR) is 81.1 cm³/mol. The number of benzene rings is 1. The van der Waals surface area contributed by atoms with Gasteiger partial charge in [0.25, 0.3) is 0 Å². The van der Waals surface area contributed by atoms with Crippen LogP contribution >= 0.6 is 10.7 Å². The molecular formula is C14H21ClO4S. The molecule has 0 aliphatic heterocycles. The molecule has 1 atom stereocenters. The van der Waals surface area contributed by atoms with Gasteiger partial charge in [-0.05, 0) is 17.5 Å². The lowest BCUT2D eigenvalue weighted by Gasteiger charge is -2.29. The first-order chi connectivity index (χ1) is 9.13. The molecule has 0 aliphatic rings. The van der Waals surface area contributed by atoms with Gasteiger partial charge in [-0.25, -0.2) is 8.42 Å². The normalized spacial score (nSPS) is 13.8. The molecule has 0 saturated carbocycles. The Morgan fingerprint density at radius 3 is 2.20 bits per heavy atom. The summed E-state index contributed by atoms with van der Waals surface area (Å²) in [4.78, 5) is 0. The number of halogens is 1. The molecule has 0 spiro atoms. The van der Waals surface area contributed by atoms with E-state index in [9.17, 15) is 8.42 Å². The SMILES string of the molecule is COc1ccccc1OCC(CS(=O)(=O)Cl)C(C)(C)C. The molecule has 1 unspecified atom stereocenters. The van der Waals surface area contributed by atoms with E-state index in [1.807, 2.05) is 32.9 Å². The number of methoxy groups -OCH3 is 1. The predicted octanol–water partition coefficient (Wildman–Crippen LogP) is 3.30. The molecule has 4 nitrogen and oxygen atoms in total. The van der Waals surface area contributed by atoms with E-state index in [0.29, 0.717) is 11.5 Å². The number of hydrogen-bond acceptors (Lipinski definition) is 4. The maximum Gasteiger partial charge on any atom is 0.233 e. The molecule has 0 fully saturated rings. The van der Waals surface area contributed by atoms with Gasteiger partial charge in [-0.3, -0.25) is 0 Å². The summed E-state index contributed by atoms with van der Waals surface area (Å²) in [5, 5.41) is 0. The Kier molecular flexibility index (Phi) is 5.71. The Balaban J connectivity index is 2.81. The molecule has 0 radical (unpaired) electrons. The van der Waals surface area contributed by atoms with E-state index in [0.717, 1.165) is 0 Å². The second-order valence-corrected chi connectivity index (χ2v) is 8.55. The van der Waals surface area contributed by atoms with Gasteiger partial charge in [-0.15, -0.1) is 0 Å². The van der Waals surface area contributed by atoms with Gasteiger partial charge in [-0.2, -0.15) is 0 Å². The van der Waals surface area contributed by atoms with Crippen molar-refractivity contribution in [3.8, 4) is 11.5 Å². The van der Waals surface area contributed by atoms with Crippen molar-refractivity contribution in [2.45, 2.75) is 20.8 Å². The highest BCUT2D eigenvalue weighted by Gasteiger charge is 2.29. The van der Waals surface area contributed by atoms with Crippen molar-refractivity contribution in [3.63, 3.8) is 0 Å². The Bertz CT molecular complexity index is 534. The molecule has 0 saturated heterocycles. The molecule has 1 aromatic carbocycles. The van der Waals surface area contributed by atoms with E-state index in [-0.39, 0.29) is 23.7 Å². The van der Waals surface area contributed by atoms with Crippen LogP contribution in [0.25, 0.3) is 0 Å². The van der Waals surface area contributed by atoms with Crippen LogP contribution in [0.15, 0.2) is 24.3 Å². The number of hydrogen-bond donors (Lipinski definition) is 0. The van der Waals surface area contributed by atoms with Crippen LogP contribution in [0.4, 0.5) is 0 Å². The largest absolute Gasteiger partial charge is 0.493 e. The van der Waals surface area contributed by atoms with Crippen LogP contribution in [0.2, 0.25) is 0 Å². The summed E-state index contributed by atoms with van der Waals surface area (Å²) in [6.45, 7) is 6.15. The Morgan fingerprint density at radius 2 is 1.75 bits per heavy atom.